The third-order valence-electron chi connectivity index (χ3n) is 7.08. The third-order valence-corrected chi connectivity index (χ3v) is 9.18. The highest BCUT2D eigenvalue weighted by molar-refractivity contribution is 7.98. The van der Waals surface area contributed by atoms with Crippen LogP contribution in [0.15, 0.2) is 102 Å². The van der Waals surface area contributed by atoms with E-state index in [-0.39, 0.29) is 17.4 Å². The van der Waals surface area contributed by atoms with Gasteiger partial charge in [-0.3, -0.25) is 0 Å². The average molecular weight is 668 g/mol. The molecule has 2 N–H and O–H groups in total. The molecule has 4 aromatic heterocycles. The largest absolute Gasteiger partial charge is 0.504 e. The fourth-order valence-electron chi connectivity index (χ4n) is 4.77. The van der Waals surface area contributed by atoms with E-state index in [1.165, 1.54) is 30.6 Å². The van der Waals surface area contributed by atoms with Gasteiger partial charge in [0.25, 0.3) is 0 Å². The van der Waals surface area contributed by atoms with Crippen molar-refractivity contribution >= 4 is 63.3 Å². The monoisotopic (exact) mass is 667 g/mol. The number of benzene rings is 3. The van der Waals surface area contributed by atoms with Gasteiger partial charge in [-0.1, -0.05) is 108 Å². The van der Waals surface area contributed by atoms with Crippen LogP contribution < -0.4 is 10.1 Å². The molecule has 0 fully saturated rings. The number of phenolic OH excluding ortho intramolecular Hbond substituents is 1. The lowest BCUT2D eigenvalue weighted by Crippen LogP contribution is -2.10. The Kier molecular flexibility index (Phi) is 8.59. The number of halogens is 1. The highest BCUT2D eigenvalue weighted by atomic mass is 35.5. The van der Waals surface area contributed by atoms with Crippen LogP contribution in [-0.2, 0) is 18.1 Å². The topological polar surface area (TPSA) is 129 Å². The molecule has 0 amide bonds. The Morgan fingerprint density at radius 2 is 1.33 bits per heavy atom. The normalized spacial score (nSPS) is 11.3. The summed E-state index contributed by atoms with van der Waals surface area (Å²) in [6.07, 6.45) is 3.27. The van der Waals surface area contributed by atoms with Crippen molar-refractivity contribution in [3.05, 3.63) is 113 Å². The predicted molar refractivity (Wildman–Crippen MR) is 180 cm³/mol. The first-order chi connectivity index (χ1) is 22.6. The summed E-state index contributed by atoms with van der Waals surface area (Å²) in [5.74, 6) is 2.34. The molecule has 0 spiro atoms. The Morgan fingerprint density at radius 3 is 1.96 bits per heavy atom. The van der Waals surface area contributed by atoms with E-state index in [1.54, 1.807) is 28.1 Å². The molecule has 4 heterocycles. The van der Waals surface area contributed by atoms with Gasteiger partial charge in [-0.15, -0.1) is 0 Å². The second-order valence-electron chi connectivity index (χ2n) is 10.0. The lowest BCUT2D eigenvalue weighted by molar-refractivity contribution is 0.371. The summed E-state index contributed by atoms with van der Waals surface area (Å²) in [7, 11) is 1.52. The molecule has 0 bridgehead atoms. The standard InChI is InChI=1S/C32H26ClN9O2S2/c1-44-23-14-8-13-22(26(23)43)15-34-28-25-30(40-32(38-28)46-17-21-11-6-3-7-12-21)42(19-36-25)41-18-35-24-27(33)37-31(39-29(24)41)45-16-20-9-4-2-5-10-20/h2-14,18-19,43H,15-17H2,1H3,(H,34,38,40). The summed E-state index contributed by atoms with van der Waals surface area (Å²) in [5.41, 5.74) is 5.00. The van der Waals surface area contributed by atoms with E-state index in [0.29, 0.717) is 61.3 Å². The molecule has 0 aliphatic rings. The summed E-state index contributed by atoms with van der Waals surface area (Å²) < 4.78 is 8.80. The van der Waals surface area contributed by atoms with E-state index < -0.39 is 0 Å². The maximum atomic E-state index is 10.7. The molecule has 3 aromatic carbocycles. The van der Waals surface area contributed by atoms with Crippen molar-refractivity contribution in [3.63, 3.8) is 0 Å². The van der Waals surface area contributed by atoms with Crippen LogP contribution in [0.4, 0.5) is 5.82 Å². The Balaban J connectivity index is 1.26. The highest BCUT2D eigenvalue weighted by Gasteiger charge is 2.19. The number of imidazole rings is 2. The van der Waals surface area contributed by atoms with Gasteiger partial charge in [0.2, 0.25) is 0 Å². The van der Waals surface area contributed by atoms with Gasteiger partial charge in [0.05, 0.1) is 7.11 Å². The van der Waals surface area contributed by atoms with E-state index in [1.807, 2.05) is 48.5 Å². The smallest absolute Gasteiger partial charge is 0.192 e. The molecule has 230 valence electrons. The van der Waals surface area contributed by atoms with Crippen LogP contribution in [0.5, 0.6) is 11.5 Å². The van der Waals surface area contributed by atoms with Gasteiger partial charge < -0.3 is 15.2 Å². The Bertz CT molecular complexity index is 2140. The quantitative estimate of drug-likeness (QED) is 0.0854. The summed E-state index contributed by atoms with van der Waals surface area (Å²) >= 11 is 9.59. The zero-order chi connectivity index (χ0) is 31.5. The van der Waals surface area contributed by atoms with Crippen molar-refractivity contribution in [1.82, 2.24) is 39.3 Å². The molecular weight excluding hydrogens is 642 g/mol. The first-order valence-electron chi connectivity index (χ1n) is 14.2. The molecular formula is C32H26ClN9O2S2. The van der Waals surface area contributed by atoms with Gasteiger partial charge in [0.15, 0.2) is 49.6 Å². The van der Waals surface area contributed by atoms with Crippen molar-refractivity contribution in [3.8, 4) is 11.5 Å². The van der Waals surface area contributed by atoms with E-state index in [0.717, 1.165) is 11.1 Å². The molecule has 0 aliphatic carbocycles. The summed E-state index contributed by atoms with van der Waals surface area (Å²) in [6.45, 7) is 0.281. The van der Waals surface area contributed by atoms with Gasteiger partial charge in [0, 0.05) is 23.6 Å². The molecule has 0 saturated carbocycles. The lowest BCUT2D eigenvalue weighted by atomic mass is 10.2. The van der Waals surface area contributed by atoms with Crippen molar-refractivity contribution in [1.29, 1.82) is 0 Å². The second kappa shape index (κ2) is 13.3. The number of thioether (sulfide) groups is 2. The number of nitrogens with one attached hydrogen (secondary N) is 1. The van der Waals surface area contributed by atoms with Gasteiger partial charge in [-0.2, -0.15) is 0 Å². The predicted octanol–water partition coefficient (Wildman–Crippen LogP) is 6.84. The number of methoxy groups -OCH3 is 1. The minimum absolute atomic E-state index is 0.0643. The van der Waals surface area contributed by atoms with E-state index in [9.17, 15) is 5.11 Å². The number of hydrogen-bond donors (Lipinski definition) is 2. The number of phenols is 1. The fourth-order valence-corrected chi connectivity index (χ4v) is 6.62. The van der Waals surface area contributed by atoms with Crippen molar-refractivity contribution in [2.75, 3.05) is 12.4 Å². The third kappa shape index (κ3) is 6.16. The van der Waals surface area contributed by atoms with Crippen molar-refractivity contribution < 1.29 is 9.84 Å². The SMILES string of the molecule is COc1cccc(CNc2nc(SCc3ccccc3)nc3c2ncn3-n2cnc3c(Cl)nc(SCc4ccccc4)nc32)c1O. The first kappa shape index (κ1) is 29.8. The van der Waals surface area contributed by atoms with E-state index in [2.05, 4.69) is 44.5 Å². The Hall–Kier alpha value is -4.85. The molecule has 11 nitrogen and oxygen atoms in total. The molecule has 46 heavy (non-hydrogen) atoms. The van der Waals surface area contributed by atoms with Crippen molar-refractivity contribution in [2.45, 2.75) is 28.4 Å². The number of anilines is 1. The van der Waals surface area contributed by atoms with Gasteiger partial charge in [0.1, 0.15) is 18.2 Å². The number of aromatic hydroxyl groups is 1. The van der Waals surface area contributed by atoms with Crippen LogP contribution in [0.25, 0.3) is 22.3 Å². The molecule has 0 radical (unpaired) electrons. The number of ether oxygens (including phenoxy) is 1. The fraction of sp³-hybridized carbons (Fsp3) is 0.125. The Labute approximate surface area is 277 Å². The molecule has 0 unspecified atom stereocenters. The second-order valence-corrected chi connectivity index (χ2v) is 12.3. The zero-order valence-corrected chi connectivity index (χ0v) is 26.8. The van der Waals surface area contributed by atoms with Crippen LogP contribution in [0.1, 0.15) is 16.7 Å². The minimum atomic E-state index is 0.0643. The number of para-hydroxylation sites is 1. The van der Waals surface area contributed by atoms with Gasteiger partial charge in [-0.25, -0.2) is 39.3 Å². The molecule has 7 rings (SSSR count). The molecule has 0 atom stereocenters. The molecule has 7 aromatic rings. The molecule has 0 aliphatic heterocycles. The lowest BCUT2D eigenvalue weighted by Gasteiger charge is -2.12. The maximum absolute atomic E-state index is 10.7. The van der Waals surface area contributed by atoms with Crippen LogP contribution >= 0.6 is 35.1 Å². The number of nitrogens with zero attached hydrogens (tertiary/aromatic N) is 8. The number of hydrogen-bond acceptors (Lipinski definition) is 11. The van der Waals surface area contributed by atoms with Crippen LogP contribution in [0.2, 0.25) is 5.15 Å². The average Bonchev–Trinajstić information content (AvgIpc) is 3.71. The van der Waals surface area contributed by atoms with Crippen molar-refractivity contribution in [2.24, 2.45) is 0 Å². The zero-order valence-electron chi connectivity index (χ0n) is 24.4. The first-order valence-corrected chi connectivity index (χ1v) is 16.5. The number of aromatic nitrogens is 8. The number of rotatable bonds is 11. The molecule has 0 saturated heterocycles. The molecule has 14 heteroatoms. The summed E-state index contributed by atoms with van der Waals surface area (Å²) in [6, 6.07) is 25.6. The van der Waals surface area contributed by atoms with Crippen LogP contribution in [0.3, 0.4) is 0 Å². The van der Waals surface area contributed by atoms with E-state index >= 15 is 0 Å². The summed E-state index contributed by atoms with van der Waals surface area (Å²) in [5, 5.41) is 15.4. The maximum Gasteiger partial charge on any atom is 0.192 e. The van der Waals surface area contributed by atoms with Gasteiger partial charge in [-0.05, 0) is 17.2 Å². The summed E-state index contributed by atoms with van der Waals surface area (Å²) in [4.78, 5) is 28.2. The minimum Gasteiger partial charge on any atom is -0.504 e. The van der Waals surface area contributed by atoms with Crippen LogP contribution in [0, 0.1) is 0 Å². The van der Waals surface area contributed by atoms with Gasteiger partial charge >= 0.3 is 0 Å². The highest BCUT2D eigenvalue weighted by Crippen LogP contribution is 2.32. The number of fused-ring (bicyclic) bond motifs is 2. The Morgan fingerprint density at radius 1 is 0.739 bits per heavy atom. The van der Waals surface area contributed by atoms with Crippen LogP contribution in [-0.4, -0.2) is 51.5 Å². The van der Waals surface area contributed by atoms with E-state index in [4.69, 9.17) is 31.3 Å².